The Labute approximate surface area is 80.1 Å². The first kappa shape index (κ1) is 15.1. The number of allylic oxidation sites excluding steroid dienone is 1. The Morgan fingerprint density at radius 1 is 1.00 bits per heavy atom. The number of aliphatic hydroxyl groups is 3. The molecule has 80 valence electrons. The second-order valence-electron chi connectivity index (χ2n) is 2.75. The second kappa shape index (κ2) is 8.19. The molecule has 0 rings (SSSR count). The van der Waals surface area contributed by atoms with E-state index in [4.69, 9.17) is 15.3 Å². The topological polar surface area (TPSA) is 63.9 Å². The van der Waals surface area contributed by atoms with Crippen LogP contribution in [0.5, 0.6) is 0 Å². The van der Waals surface area contributed by atoms with Crippen LogP contribution in [-0.4, -0.2) is 38.9 Å². The van der Waals surface area contributed by atoms with E-state index >= 15 is 0 Å². The number of nitrogens with zero attached hydrogens (tertiary/aromatic N) is 1. The van der Waals surface area contributed by atoms with Crippen molar-refractivity contribution in [1.29, 1.82) is 0 Å². The standard InChI is InChI=1S/C6H15NO3.C3H6/c1-4(8)7(5(2)9)6(3)10;1-3-2/h4-6,8-10H,1-3H3;3H,1H2,2H3. The average Bonchev–Trinajstić information content (AvgIpc) is 1.84. The molecule has 0 aromatic rings. The van der Waals surface area contributed by atoms with Gasteiger partial charge in [-0.25, -0.2) is 4.90 Å². The number of hydrogen-bond donors (Lipinski definition) is 3. The summed E-state index contributed by atoms with van der Waals surface area (Å²) in [5, 5.41) is 26.9. The lowest BCUT2D eigenvalue weighted by Gasteiger charge is -2.30. The van der Waals surface area contributed by atoms with Gasteiger partial charge in [-0.05, 0) is 27.7 Å². The van der Waals surface area contributed by atoms with Crippen LogP contribution in [0.4, 0.5) is 0 Å². The zero-order valence-corrected chi connectivity index (χ0v) is 8.81. The average molecular weight is 191 g/mol. The minimum Gasteiger partial charge on any atom is -0.379 e. The van der Waals surface area contributed by atoms with Gasteiger partial charge >= 0.3 is 0 Å². The van der Waals surface area contributed by atoms with E-state index in [0.717, 1.165) is 0 Å². The van der Waals surface area contributed by atoms with Crippen molar-refractivity contribution in [2.24, 2.45) is 0 Å². The molecule has 0 aromatic heterocycles. The number of aliphatic hydroxyl groups excluding tert-OH is 3. The molecule has 0 spiro atoms. The number of rotatable bonds is 3. The predicted octanol–water partition coefficient (Wildman–Crippen LogP) is 0.496. The van der Waals surface area contributed by atoms with Crippen LogP contribution in [0.3, 0.4) is 0 Å². The molecule has 4 heteroatoms. The van der Waals surface area contributed by atoms with Crippen LogP contribution in [0, 0.1) is 0 Å². The Bertz CT molecular complexity index is 105. The molecule has 3 unspecified atom stereocenters. The molecule has 0 aliphatic rings. The lowest BCUT2D eigenvalue weighted by molar-refractivity contribution is -0.159. The van der Waals surface area contributed by atoms with Crippen LogP contribution in [0.2, 0.25) is 0 Å². The molecule has 4 nitrogen and oxygen atoms in total. The van der Waals surface area contributed by atoms with Gasteiger partial charge < -0.3 is 15.3 Å². The molecule has 0 aromatic carbocycles. The van der Waals surface area contributed by atoms with Crippen molar-refractivity contribution in [3.8, 4) is 0 Å². The molecule has 0 saturated heterocycles. The summed E-state index contributed by atoms with van der Waals surface area (Å²) in [5.74, 6) is 0. The highest BCUT2D eigenvalue weighted by atomic mass is 16.4. The van der Waals surface area contributed by atoms with Gasteiger partial charge in [-0.1, -0.05) is 6.08 Å². The first-order valence-electron chi connectivity index (χ1n) is 4.27. The Morgan fingerprint density at radius 2 is 1.15 bits per heavy atom. The zero-order valence-electron chi connectivity index (χ0n) is 8.81. The fraction of sp³-hybridized carbons (Fsp3) is 0.778. The van der Waals surface area contributed by atoms with E-state index in [1.54, 1.807) is 6.08 Å². The Hall–Kier alpha value is -0.420. The monoisotopic (exact) mass is 191 g/mol. The highest BCUT2D eigenvalue weighted by Crippen LogP contribution is 2.04. The van der Waals surface area contributed by atoms with Crippen molar-refractivity contribution in [2.75, 3.05) is 0 Å². The van der Waals surface area contributed by atoms with Gasteiger partial charge in [0.25, 0.3) is 0 Å². The Morgan fingerprint density at radius 3 is 1.15 bits per heavy atom. The summed E-state index contributed by atoms with van der Waals surface area (Å²) in [6.45, 7) is 9.71. The van der Waals surface area contributed by atoms with Gasteiger partial charge in [-0.2, -0.15) is 0 Å². The van der Waals surface area contributed by atoms with Crippen LogP contribution in [0.15, 0.2) is 12.7 Å². The van der Waals surface area contributed by atoms with Crippen molar-refractivity contribution in [2.45, 2.75) is 46.4 Å². The maximum Gasteiger partial charge on any atom is 0.108 e. The molecule has 3 N–H and O–H groups in total. The van der Waals surface area contributed by atoms with Crippen LogP contribution < -0.4 is 0 Å². The first-order valence-corrected chi connectivity index (χ1v) is 4.27. The van der Waals surface area contributed by atoms with Crippen LogP contribution >= 0.6 is 0 Å². The molecule has 0 radical (unpaired) electrons. The molecule has 0 fully saturated rings. The normalized spacial score (nSPS) is 16.9. The van der Waals surface area contributed by atoms with Crippen molar-refractivity contribution in [1.82, 2.24) is 4.90 Å². The van der Waals surface area contributed by atoms with Crippen molar-refractivity contribution < 1.29 is 15.3 Å². The fourth-order valence-corrected chi connectivity index (χ4v) is 0.937. The van der Waals surface area contributed by atoms with E-state index in [1.807, 2.05) is 6.92 Å². The maximum absolute atomic E-state index is 8.96. The van der Waals surface area contributed by atoms with Gasteiger partial charge in [0, 0.05) is 0 Å². The number of hydrogen-bond acceptors (Lipinski definition) is 4. The third kappa shape index (κ3) is 7.93. The Balaban J connectivity index is 0. The third-order valence-electron chi connectivity index (χ3n) is 1.29. The van der Waals surface area contributed by atoms with E-state index in [1.165, 1.54) is 25.7 Å². The summed E-state index contributed by atoms with van der Waals surface area (Å²) >= 11 is 0. The SMILES string of the molecule is C=CC.CC(O)N(C(C)O)C(C)O. The third-order valence-corrected chi connectivity index (χ3v) is 1.29. The van der Waals surface area contributed by atoms with Crippen LogP contribution in [-0.2, 0) is 0 Å². The predicted molar refractivity (Wildman–Crippen MR) is 52.8 cm³/mol. The highest BCUT2D eigenvalue weighted by Gasteiger charge is 2.19. The molecule has 0 heterocycles. The first-order chi connectivity index (χ1) is 5.88. The lowest BCUT2D eigenvalue weighted by atomic mass is 10.4. The summed E-state index contributed by atoms with van der Waals surface area (Å²) in [5.41, 5.74) is 0. The summed E-state index contributed by atoms with van der Waals surface area (Å²) in [6, 6.07) is 0. The van der Waals surface area contributed by atoms with Crippen molar-refractivity contribution in [3.05, 3.63) is 12.7 Å². The van der Waals surface area contributed by atoms with Gasteiger partial charge in [-0.15, -0.1) is 6.58 Å². The molecule has 0 amide bonds. The molecule has 0 aliphatic carbocycles. The fourth-order valence-electron chi connectivity index (χ4n) is 0.937. The zero-order chi connectivity index (χ0) is 11.0. The molecule has 0 bridgehead atoms. The second-order valence-corrected chi connectivity index (χ2v) is 2.75. The summed E-state index contributed by atoms with van der Waals surface area (Å²) in [4.78, 5) is 1.17. The van der Waals surface area contributed by atoms with E-state index in [2.05, 4.69) is 6.58 Å². The lowest BCUT2D eigenvalue weighted by Crippen LogP contribution is -2.45. The molecule has 13 heavy (non-hydrogen) atoms. The molecule has 3 atom stereocenters. The quantitative estimate of drug-likeness (QED) is 0.449. The summed E-state index contributed by atoms with van der Waals surface area (Å²) in [7, 11) is 0. The minimum atomic E-state index is -0.833. The van der Waals surface area contributed by atoms with Crippen LogP contribution in [0.25, 0.3) is 0 Å². The minimum absolute atomic E-state index is 0.833. The van der Waals surface area contributed by atoms with E-state index < -0.39 is 18.7 Å². The summed E-state index contributed by atoms with van der Waals surface area (Å²) < 4.78 is 0. The van der Waals surface area contributed by atoms with Crippen LogP contribution in [0.1, 0.15) is 27.7 Å². The molecule has 0 aliphatic heterocycles. The van der Waals surface area contributed by atoms with Gasteiger partial charge in [0.05, 0.1) is 0 Å². The molecular formula is C9H21NO3. The highest BCUT2D eigenvalue weighted by molar-refractivity contribution is 4.58. The van der Waals surface area contributed by atoms with Gasteiger partial charge in [0.2, 0.25) is 0 Å². The maximum atomic E-state index is 8.96. The van der Waals surface area contributed by atoms with Gasteiger partial charge in [-0.3, -0.25) is 0 Å². The van der Waals surface area contributed by atoms with Gasteiger partial charge in [0.15, 0.2) is 0 Å². The summed E-state index contributed by atoms with van der Waals surface area (Å²) in [6.07, 6.45) is -0.750. The Kier molecular flexibility index (Phi) is 9.50. The van der Waals surface area contributed by atoms with E-state index in [-0.39, 0.29) is 0 Å². The van der Waals surface area contributed by atoms with E-state index in [0.29, 0.717) is 0 Å². The van der Waals surface area contributed by atoms with Crippen molar-refractivity contribution in [3.63, 3.8) is 0 Å². The smallest absolute Gasteiger partial charge is 0.108 e. The largest absolute Gasteiger partial charge is 0.379 e. The molecule has 0 saturated carbocycles. The van der Waals surface area contributed by atoms with Crippen molar-refractivity contribution >= 4 is 0 Å². The molecular weight excluding hydrogens is 170 g/mol. The van der Waals surface area contributed by atoms with Gasteiger partial charge in [0.1, 0.15) is 18.7 Å². The van der Waals surface area contributed by atoms with E-state index in [9.17, 15) is 0 Å².